The second kappa shape index (κ2) is 8.52. The summed E-state index contributed by atoms with van der Waals surface area (Å²) in [5, 5.41) is 4.57. The Labute approximate surface area is 171 Å². The normalized spacial score (nSPS) is 17.0. The van der Waals surface area contributed by atoms with Crippen LogP contribution in [-0.4, -0.2) is 40.8 Å². The Balaban J connectivity index is 1.55. The molecule has 0 saturated carbocycles. The van der Waals surface area contributed by atoms with Crippen molar-refractivity contribution in [2.75, 3.05) is 20.2 Å². The maximum atomic E-state index is 13.3. The molecule has 1 atom stereocenters. The lowest BCUT2D eigenvalue weighted by atomic mass is 9.94. The Kier molecular flexibility index (Phi) is 5.65. The van der Waals surface area contributed by atoms with Crippen molar-refractivity contribution in [3.05, 3.63) is 71.9 Å². The van der Waals surface area contributed by atoms with Crippen LogP contribution in [0.5, 0.6) is 5.75 Å². The highest BCUT2D eigenvalue weighted by molar-refractivity contribution is 5.93. The van der Waals surface area contributed by atoms with Gasteiger partial charge in [-0.25, -0.2) is 0 Å². The number of aryl methyl sites for hydroxylation is 1. The summed E-state index contributed by atoms with van der Waals surface area (Å²) >= 11 is 0. The van der Waals surface area contributed by atoms with E-state index in [0.29, 0.717) is 11.6 Å². The van der Waals surface area contributed by atoms with E-state index in [4.69, 9.17) is 4.74 Å². The molecule has 0 spiro atoms. The average Bonchev–Trinajstić information content (AvgIpc) is 2.99. The quantitative estimate of drug-likeness (QED) is 0.660. The van der Waals surface area contributed by atoms with Crippen molar-refractivity contribution in [2.45, 2.75) is 25.2 Å². The van der Waals surface area contributed by atoms with Crippen molar-refractivity contribution in [1.82, 2.24) is 14.7 Å². The van der Waals surface area contributed by atoms with E-state index in [9.17, 15) is 4.79 Å². The fourth-order valence-electron chi connectivity index (χ4n) is 4.05. The van der Waals surface area contributed by atoms with Gasteiger partial charge in [-0.2, -0.15) is 5.10 Å². The molecular formula is C24H27N3O2. The van der Waals surface area contributed by atoms with Crippen molar-refractivity contribution in [3.63, 3.8) is 0 Å². The van der Waals surface area contributed by atoms with Crippen molar-refractivity contribution in [1.29, 1.82) is 0 Å². The number of hydrogen-bond acceptors (Lipinski definition) is 3. The molecule has 4 rings (SSSR count). The van der Waals surface area contributed by atoms with Crippen LogP contribution in [-0.2, 0) is 7.05 Å². The maximum Gasteiger partial charge on any atom is 0.272 e. The summed E-state index contributed by atoms with van der Waals surface area (Å²) in [6, 6.07) is 20.1. The lowest BCUT2D eigenvalue weighted by Crippen LogP contribution is -2.35. The Hall–Kier alpha value is -3.08. The van der Waals surface area contributed by atoms with E-state index in [1.807, 2.05) is 60.5 Å². The highest BCUT2D eigenvalue weighted by Gasteiger charge is 2.26. The lowest BCUT2D eigenvalue weighted by molar-refractivity contribution is 0.0743. The Morgan fingerprint density at radius 3 is 2.55 bits per heavy atom. The molecule has 0 radical (unpaired) electrons. The van der Waals surface area contributed by atoms with Crippen molar-refractivity contribution < 1.29 is 9.53 Å². The highest BCUT2D eigenvalue weighted by atomic mass is 16.5. The minimum absolute atomic E-state index is 0.0580. The van der Waals surface area contributed by atoms with Gasteiger partial charge in [0.25, 0.3) is 5.91 Å². The van der Waals surface area contributed by atoms with Crippen LogP contribution in [0.2, 0.25) is 0 Å². The predicted octanol–water partition coefficient (Wildman–Crippen LogP) is 4.51. The molecule has 29 heavy (non-hydrogen) atoms. The Bertz CT molecular complexity index is 964. The molecule has 5 nitrogen and oxygen atoms in total. The van der Waals surface area contributed by atoms with Gasteiger partial charge in [0.15, 0.2) is 0 Å². The third-order valence-corrected chi connectivity index (χ3v) is 5.71. The third kappa shape index (κ3) is 4.19. The Morgan fingerprint density at radius 1 is 1.07 bits per heavy atom. The number of nitrogens with zero attached hydrogens (tertiary/aromatic N) is 3. The van der Waals surface area contributed by atoms with Gasteiger partial charge in [-0.3, -0.25) is 9.48 Å². The second-order valence-corrected chi connectivity index (χ2v) is 7.62. The zero-order valence-corrected chi connectivity index (χ0v) is 17.0. The van der Waals surface area contributed by atoms with Crippen LogP contribution in [0, 0.1) is 0 Å². The van der Waals surface area contributed by atoms with Crippen molar-refractivity contribution in [2.24, 2.45) is 7.05 Å². The first-order valence-corrected chi connectivity index (χ1v) is 10.2. The van der Waals surface area contributed by atoms with Crippen molar-refractivity contribution in [3.8, 4) is 17.0 Å². The second-order valence-electron chi connectivity index (χ2n) is 7.62. The SMILES string of the molecule is COc1ccc(C2CCCCN(C(=O)c3cc(-c4ccccc4)nn3C)C2)cc1. The summed E-state index contributed by atoms with van der Waals surface area (Å²) in [5.41, 5.74) is 3.76. The monoisotopic (exact) mass is 389 g/mol. The van der Waals surface area contributed by atoms with Crippen LogP contribution in [0.15, 0.2) is 60.7 Å². The summed E-state index contributed by atoms with van der Waals surface area (Å²) < 4.78 is 6.98. The number of amides is 1. The number of carbonyl (C=O) groups excluding carboxylic acids is 1. The number of carbonyl (C=O) groups is 1. The summed E-state index contributed by atoms with van der Waals surface area (Å²) in [5.74, 6) is 1.26. The van der Waals surface area contributed by atoms with Crippen LogP contribution < -0.4 is 4.74 Å². The van der Waals surface area contributed by atoms with E-state index < -0.39 is 0 Å². The molecule has 1 aromatic heterocycles. The number of benzene rings is 2. The van der Waals surface area contributed by atoms with E-state index in [2.05, 4.69) is 17.2 Å². The zero-order chi connectivity index (χ0) is 20.2. The minimum atomic E-state index is 0.0580. The number of aromatic nitrogens is 2. The first kappa shape index (κ1) is 19.2. The molecule has 1 saturated heterocycles. The number of hydrogen-bond donors (Lipinski definition) is 0. The predicted molar refractivity (Wildman–Crippen MR) is 114 cm³/mol. The van der Waals surface area contributed by atoms with Gasteiger partial charge in [0.1, 0.15) is 11.4 Å². The molecule has 2 heterocycles. The molecule has 0 aliphatic carbocycles. The molecule has 1 fully saturated rings. The summed E-state index contributed by atoms with van der Waals surface area (Å²) in [6.07, 6.45) is 3.25. The summed E-state index contributed by atoms with van der Waals surface area (Å²) in [4.78, 5) is 15.3. The molecule has 0 N–H and O–H groups in total. The van der Waals surface area contributed by atoms with Gasteiger partial charge in [-0.05, 0) is 36.6 Å². The van der Waals surface area contributed by atoms with E-state index >= 15 is 0 Å². The minimum Gasteiger partial charge on any atom is -0.497 e. The number of likely N-dealkylation sites (tertiary alicyclic amines) is 1. The standard InChI is InChI=1S/C24H27N3O2/c1-26-23(16-22(25-26)19-8-4-3-5-9-19)24(28)27-15-7-6-10-20(17-27)18-11-13-21(29-2)14-12-18/h3-5,8-9,11-14,16,20H,6-7,10,15,17H2,1-2H3. The molecule has 2 aromatic carbocycles. The van der Waals surface area contributed by atoms with Crippen LogP contribution in [0.25, 0.3) is 11.3 Å². The first-order valence-electron chi connectivity index (χ1n) is 10.2. The number of methoxy groups -OCH3 is 1. The Morgan fingerprint density at radius 2 is 1.83 bits per heavy atom. The molecule has 1 amide bonds. The van der Waals surface area contributed by atoms with Crippen LogP contribution >= 0.6 is 0 Å². The van der Waals surface area contributed by atoms with Crippen LogP contribution in [0.1, 0.15) is 41.2 Å². The molecular weight excluding hydrogens is 362 g/mol. The molecule has 3 aromatic rings. The number of ether oxygens (including phenoxy) is 1. The van der Waals surface area contributed by atoms with Gasteiger partial charge in [0.05, 0.1) is 12.8 Å². The first-order chi connectivity index (χ1) is 14.2. The van der Waals surface area contributed by atoms with Gasteiger partial charge in [-0.1, -0.05) is 48.9 Å². The average molecular weight is 389 g/mol. The van der Waals surface area contributed by atoms with E-state index in [1.165, 1.54) is 5.56 Å². The topological polar surface area (TPSA) is 47.4 Å². The lowest BCUT2D eigenvalue weighted by Gasteiger charge is -2.25. The number of rotatable bonds is 4. The molecule has 1 unspecified atom stereocenters. The largest absolute Gasteiger partial charge is 0.497 e. The van der Waals surface area contributed by atoms with Crippen LogP contribution in [0.3, 0.4) is 0 Å². The van der Waals surface area contributed by atoms with Gasteiger partial charge in [0, 0.05) is 31.6 Å². The molecule has 5 heteroatoms. The van der Waals surface area contributed by atoms with Gasteiger partial charge in [0.2, 0.25) is 0 Å². The van der Waals surface area contributed by atoms with Gasteiger partial charge < -0.3 is 9.64 Å². The van der Waals surface area contributed by atoms with E-state index in [-0.39, 0.29) is 5.91 Å². The van der Waals surface area contributed by atoms with Crippen LogP contribution in [0.4, 0.5) is 0 Å². The van der Waals surface area contributed by atoms with E-state index in [1.54, 1.807) is 11.8 Å². The summed E-state index contributed by atoms with van der Waals surface area (Å²) in [6.45, 7) is 1.52. The molecule has 1 aliphatic heterocycles. The zero-order valence-electron chi connectivity index (χ0n) is 17.0. The fourth-order valence-corrected chi connectivity index (χ4v) is 4.05. The van der Waals surface area contributed by atoms with Gasteiger partial charge in [-0.15, -0.1) is 0 Å². The highest BCUT2D eigenvalue weighted by Crippen LogP contribution is 2.29. The summed E-state index contributed by atoms with van der Waals surface area (Å²) in [7, 11) is 3.52. The molecule has 150 valence electrons. The maximum absolute atomic E-state index is 13.3. The van der Waals surface area contributed by atoms with Gasteiger partial charge >= 0.3 is 0 Å². The third-order valence-electron chi connectivity index (χ3n) is 5.71. The molecule has 0 bridgehead atoms. The van der Waals surface area contributed by atoms with Crippen molar-refractivity contribution >= 4 is 5.91 Å². The molecule has 1 aliphatic rings. The van der Waals surface area contributed by atoms with E-state index in [0.717, 1.165) is 49.4 Å². The smallest absolute Gasteiger partial charge is 0.272 e. The fraction of sp³-hybridized carbons (Fsp3) is 0.333.